The SMILES string of the molecule is CCCN(C(=O)COc1ccccc1Cl)c1c(N)n(Cc2ccccc2)c(=O)[nH]c1=O. The van der Waals surface area contributed by atoms with Gasteiger partial charge in [-0.3, -0.25) is 19.1 Å². The van der Waals surface area contributed by atoms with Crippen molar-refractivity contribution < 1.29 is 9.53 Å². The summed E-state index contributed by atoms with van der Waals surface area (Å²) >= 11 is 6.07. The highest BCUT2D eigenvalue weighted by Crippen LogP contribution is 2.24. The molecule has 162 valence electrons. The lowest BCUT2D eigenvalue weighted by Crippen LogP contribution is -2.43. The predicted octanol–water partition coefficient (Wildman–Crippen LogP) is 2.64. The molecule has 0 radical (unpaired) electrons. The maximum Gasteiger partial charge on any atom is 0.330 e. The smallest absolute Gasteiger partial charge is 0.330 e. The van der Waals surface area contributed by atoms with Crippen LogP contribution in [-0.4, -0.2) is 28.6 Å². The fraction of sp³-hybridized carbons (Fsp3) is 0.227. The molecule has 0 aliphatic carbocycles. The van der Waals surface area contributed by atoms with E-state index < -0.39 is 17.2 Å². The molecule has 31 heavy (non-hydrogen) atoms. The van der Waals surface area contributed by atoms with Crippen molar-refractivity contribution in [1.82, 2.24) is 9.55 Å². The summed E-state index contributed by atoms with van der Waals surface area (Å²) in [4.78, 5) is 41.5. The number of nitrogens with one attached hydrogen (secondary N) is 1. The van der Waals surface area contributed by atoms with Crippen molar-refractivity contribution in [2.24, 2.45) is 0 Å². The summed E-state index contributed by atoms with van der Waals surface area (Å²) in [5.74, 6) is -0.217. The van der Waals surface area contributed by atoms with E-state index in [0.29, 0.717) is 17.2 Å². The van der Waals surface area contributed by atoms with E-state index in [4.69, 9.17) is 22.1 Å². The topological polar surface area (TPSA) is 110 Å². The zero-order chi connectivity index (χ0) is 22.4. The summed E-state index contributed by atoms with van der Waals surface area (Å²) in [5.41, 5.74) is 5.59. The molecule has 1 amide bonds. The highest BCUT2D eigenvalue weighted by Gasteiger charge is 2.24. The number of benzene rings is 2. The van der Waals surface area contributed by atoms with Gasteiger partial charge in [0.1, 0.15) is 11.6 Å². The molecule has 0 atom stereocenters. The number of halogens is 1. The Hall–Kier alpha value is -3.52. The molecule has 2 aromatic carbocycles. The fourth-order valence-electron chi connectivity index (χ4n) is 3.13. The van der Waals surface area contributed by atoms with Crippen LogP contribution in [0.25, 0.3) is 0 Å². The fourth-order valence-corrected chi connectivity index (χ4v) is 3.32. The van der Waals surface area contributed by atoms with Crippen molar-refractivity contribution in [1.29, 1.82) is 0 Å². The molecule has 1 aromatic heterocycles. The van der Waals surface area contributed by atoms with Crippen LogP contribution in [-0.2, 0) is 11.3 Å². The Morgan fingerprint density at radius 1 is 1.13 bits per heavy atom. The molecule has 1 heterocycles. The van der Waals surface area contributed by atoms with Crippen LogP contribution >= 0.6 is 11.6 Å². The summed E-state index contributed by atoms with van der Waals surface area (Å²) < 4.78 is 6.77. The lowest BCUT2D eigenvalue weighted by molar-refractivity contribution is -0.120. The minimum Gasteiger partial charge on any atom is -0.482 e. The third-order valence-corrected chi connectivity index (χ3v) is 4.92. The molecule has 3 rings (SSSR count). The number of rotatable bonds is 8. The van der Waals surface area contributed by atoms with Gasteiger partial charge in [-0.2, -0.15) is 0 Å². The van der Waals surface area contributed by atoms with Gasteiger partial charge in [0.25, 0.3) is 11.5 Å². The number of para-hydroxylation sites is 1. The van der Waals surface area contributed by atoms with E-state index in [2.05, 4.69) is 4.98 Å². The van der Waals surface area contributed by atoms with Crippen molar-refractivity contribution in [3.8, 4) is 5.75 Å². The molecule has 0 spiro atoms. The van der Waals surface area contributed by atoms with E-state index in [0.717, 1.165) is 5.56 Å². The molecule has 3 N–H and O–H groups in total. The molecule has 0 saturated heterocycles. The Balaban J connectivity index is 1.93. The lowest BCUT2D eigenvalue weighted by atomic mass is 10.2. The molecule has 9 heteroatoms. The second-order valence-corrected chi connectivity index (χ2v) is 7.24. The van der Waals surface area contributed by atoms with Crippen LogP contribution in [0.1, 0.15) is 18.9 Å². The second-order valence-electron chi connectivity index (χ2n) is 6.83. The van der Waals surface area contributed by atoms with Gasteiger partial charge in [-0.05, 0) is 24.1 Å². The van der Waals surface area contributed by atoms with Crippen molar-refractivity contribution in [2.75, 3.05) is 23.8 Å². The summed E-state index contributed by atoms with van der Waals surface area (Å²) in [6, 6.07) is 16.0. The zero-order valence-corrected chi connectivity index (χ0v) is 17.8. The summed E-state index contributed by atoms with van der Waals surface area (Å²) in [6.45, 7) is 1.89. The number of ether oxygens (including phenoxy) is 1. The van der Waals surface area contributed by atoms with Crippen molar-refractivity contribution in [3.63, 3.8) is 0 Å². The zero-order valence-electron chi connectivity index (χ0n) is 17.0. The van der Waals surface area contributed by atoms with E-state index in [1.807, 2.05) is 37.3 Å². The average Bonchev–Trinajstić information content (AvgIpc) is 2.76. The largest absolute Gasteiger partial charge is 0.482 e. The number of anilines is 2. The Labute approximate surface area is 183 Å². The number of aromatic nitrogens is 2. The van der Waals surface area contributed by atoms with Crippen molar-refractivity contribution >= 4 is 29.0 Å². The van der Waals surface area contributed by atoms with Gasteiger partial charge < -0.3 is 15.4 Å². The first-order valence-electron chi connectivity index (χ1n) is 9.76. The number of carbonyl (C=O) groups is 1. The van der Waals surface area contributed by atoms with Crippen LogP contribution in [0.2, 0.25) is 5.02 Å². The lowest BCUT2D eigenvalue weighted by Gasteiger charge is -2.24. The van der Waals surface area contributed by atoms with Gasteiger partial charge in [0, 0.05) is 6.54 Å². The molecule has 0 bridgehead atoms. The molecule has 0 fully saturated rings. The van der Waals surface area contributed by atoms with Gasteiger partial charge in [0.2, 0.25) is 0 Å². The van der Waals surface area contributed by atoms with Crippen LogP contribution in [0.5, 0.6) is 5.75 Å². The minimum absolute atomic E-state index is 0.0786. The standard InChI is InChI=1S/C22H23ClN4O4/c1-2-12-26(18(28)14-31-17-11-7-6-10-16(17)23)19-20(24)27(22(30)25-21(19)29)13-15-8-4-3-5-9-15/h3-11H,2,12-14,24H2,1H3,(H,25,29,30). The van der Waals surface area contributed by atoms with Crippen LogP contribution < -0.4 is 26.6 Å². The van der Waals surface area contributed by atoms with Crippen LogP contribution in [0.15, 0.2) is 64.2 Å². The molecule has 0 aliphatic rings. The maximum absolute atomic E-state index is 12.9. The molecular weight excluding hydrogens is 420 g/mol. The summed E-state index contributed by atoms with van der Waals surface area (Å²) in [7, 11) is 0. The third-order valence-electron chi connectivity index (χ3n) is 4.60. The number of nitrogens with zero attached hydrogens (tertiary/aromatic N) is 2. The van der Waals surface area contributed by atoms with Crippen molar-refractivity contribution in [3.05, 3.63) is 86.0 Å². The van der Waals surface area contributed by atoms with Gasteiger partial charge in [-0.1, -0.05) is 61.0 Å². The number of hydrogen-bond acceptors (Lipinski definition) is 5. The van der Waals surface area contributed by atoms with E-state index in [-0.39, 0.29) is 31.2 Å². The van der Waals surface area contributed by atoms with Crippen LogP contribution in [0, 0.1) is 0 Å². The Bertz CT molecular complexity index is 1170. The maximum atomic E-state index is 12.9. The first-order valence-corrected chi connectivity index (χ1v) is 10.1. The van der Waals surface area contributed by atoms with Crippen LogP contribution in [0.3, 0.4) is 0 Å². The number of nitrogen functional groups attached to an aromatic ring is 1. The Morgan fingerprint density at radius 2 is 1.81 bits per heavy atom. The number of amides is 1. The van der Waals surface area contributed by atoms with Crippen molar-refractivity contribution in [2.45, 2.75) is 19.9 Å². The Kier molecular flexibility index (Phi) is 7.15. The quantitative estimate of drug-likeness (QED) is 0.557. The van der Waals surface area contributed by atoms with Crippen LogP contribution in [0.4, 0.5) is 11.5 Å². The predicted molar refractivity (Wildman–Crippen MR) is 121 cm³/mol. The molecule has 8 nitrogen and oxygen atoms in total. The minimum atomic E-state index is -0.730. The van der Waals surface area contributed by atoms with Gasteiger partial charge in [0.05, 0.1) is 11.6 Å². The number of hydrogen-bond donors (Lipinski definition) is 2. The van der Waals surface area contributed by atoms with E-state index >= 15 is 0 Å². The number of carbonyl (C=O) groups excluding carboxylic acids is 1. The van der Waals surface area contributed by atoms with E-state index in [9.17, 15) is 14.4 Å². The first-order chi connectivity index (χ1) is 14.9. The van der Waals surface area contributed by atoms with Gasteiger partial charge in [-0.25, -0.2) is 4.79 Å². The van der Waals surface area contributed by atoms with Gasteiger partial charge in [0.15, 0.2) is 12.3 Å². The molecule has 3 aromatic rings. The average molecular weight is 443 g/mol. The number of H-pyrrole nitrogens is 1. The molecular formula is C22H23ClN4O4. The first kappa shape index (κ1) is 22.2. The molecule has 0 unspecified atom stereocenters. The number of aromatic amines is 1. The summed E-state index contributed by atoms with van der Waals surface area (Å²) in [5, 5.41) is 0.367. The molecule has 0 saturated carbocycles. The highest BCUT2D eigenvalue weighted by molar-refractivity contribution is 6.32. The van der Waals surface area contributed by atoms with E-state index in [1.54, 1.807) is 24.3 Å². The Morgan fingerprint density at radius 3 is 2.48 bits per heavy atom. The van der Waals surface area contributed by atoms with E-state index in [1.165, 1.54) is 9.47 Å². The highest BCUT2D eigenvalue weighted by atomic mass is 35.5. The van der Waals surface area contributed by atoms with Gasteiger partial charge >= 0.3 is 5.69 Å². The normalized spacial score (nSPS) is 10.6. The molecule has 0 aliphatic heterocycles. The summed E-state index contributed by atoms with van der Waals surface area (Å²) in [6.07, 6.45) is 0.564. The third kappa shape index (κ3) is 5.16. The second kappa shape index (κ2) is 9.99. The van der Waals surface area contributed by atoms with Gasteiger partial charge in [-0.15, -0.1) is 0 Å². The number of nitrogens with two attached hydrogens (primary N) is 1. The monoisotopic (exact) mass is 442 g/mol.